The number of fused-ring (bicyclic) bond motifs is 1. The van der Waals surface area contributed by atoms with Crippen LogP contribution in [-0.4, -0.2) is 38.6 Å². The molecule has 8 nitrogen and oxygen atoms in total. The summed E-state index contributed by atoms with van der Waals surface area (Å²) in [6, 6.07) is 11.5. The van der Waals surface area contributed by atoms with E-state index in [1.54, 1.807) is 0 Å². The first-order valence-electron chi connectivity index (χ1n) is 8.67. The molecule has 2 N–H and O–H groups in total. The molecule has 0 atom stereocenters. The Morgan fingerprint density at radius 2 is 1.90 bits per heavy atom. The van der Waals surface area contributed by atoms with Crippen LogP contribution in [0.15, 0.2) is 47.4 Å². The second kappa shape index (κ2) is 8.18. The lowest BCUT2D eigenvalue weighted by molar-refractivity contribution is -0.384. The number of thiophene rings is 1. The fraction of sp³-hybridized carbons (Fsp3) is 0.211. The van der Waals surface area contributed by atoms with Crippen LogP contribution in [-0.2, 0) is 9.84 Å². The number of nitrogens with zero attached hydrogens (tertiary/aromatic N) is 1. The molecular formula is C19H19N3O5S2. The van der Waals surface area contributed by atoms with E-state index < -0.39 is 14.8 Å². The first-order chi connectivity index (χ1) is 13.7. The highest BCUT2D eigenvalue weighted by molar-refractivity contribution is 7.90. The van der Waals surface area contributed by atoms with Gasteiger partial charge in [-0.05, 0) is 36.1 Å². The quantitative estimate of drug-likeness (QED) is 0.335. The maximum atomic E-state index is 12.5. The number of rotatable bonds is 7. The van der Waals surface area contributed by atoms with Crippen molar-refractivity contribution in [3.63, 3.8) is 0 Å². The molecule has 1 amide bonds. The molecule has 0 unspecified atom stereocenters. The van der Waals surface area contributed by atoms with Gasteiger partial charge in [0.1, 0.15) is 5.69 Å². The van der Waals surface area contributed by atoms with Gasteiger partial charge in [0.2, 0.25) is 0 Å². The molecule has 0 bridgehead atoms. The Morgan fingerprint density at radius 1 is 1.17 bits per heavy atom. The minimum Gasteiger partial charge on any atom is -0.378 e. The molecule has 1 heterocycles. The summed E-state index contributed by atoms with van der Waals surface area (Å²) >= 11 is 1.42. The summed E-state index contributed by atoms with van der Waals surface area (Å²) in [4.78, 5) is 23.6. The maximum Gasteiger partial charge on any atom is 0.293 e. The van der Waals surface area contributed by atoms with Crippen molar-refractivity contribution in [2.75, 3.05) is 24.7 Å². The van der Waals surface area contributed by atoms with Crippen LogP contribution < -0.4 is 10.6 Å². The van der Waals surface area contributed by atoms with E-state index in [0.717, 1.165) is 28.0 Å². The van der Waals surface area contributed by atoms with E-state index >= 15 is 0 Å². The number of hydrogen-bond acceptors (Lipinski definition) is 7. The van der Waals surface area contributed by atoms with Gasteiger partial charge < -0.3 is 10.6 Å². The van der Waals surface area contributed by atoms with Crippen LogP contribution in [0.4, 0.5) is 11.4 Å². The summed E-state index contributed by atoms with van der Waals surface area (Å²) < 4.78 is 24.2. The third-order valence-corrected chi connectivity index (χ3v) is 6.75. The minimum absolute atomic E-state index is 0.122. The van der Waals surface area contributed by atoms with Crippen molar-refractivity contribution in [3.05, 3.63) is 63.0 Å². The van der Waals surface area contributed by atoms with Crippen LogP contribution >= 0.6 is 11.3 Å². The van der Waals surface area contributed by atoms with Crippen LogP contribution in [0.1, 0.15) is 15.2 Å². The Bertz CT molecular complexity index is 1200. The van der Waals surface area contributed by atoms with E-state index in [9.17, 15) is 23.3 Å². The number of nitrogens with one attached hydrogen (secondary N) is 2. The first-order valence-corrected chi connectivity index (χ1v) is 11.4. The van der Waals surface area contributed by atoms with E-state index in [2.05, 4.69) is 10.6 Å². The Labute approximate surface area is 171 Å². The number of aryl methyl sites for hydroxylation is 1. The van der Waals surface area contributed by atoms with Gasteiger partial charge in [-0.2, -0.15) is 0 Å². The standard InChI is InChI=1S/C19H19N3O5S2/c1-12-14-5-3-4-6-17(14)28-18(12)19(23)21-10-9-20-15-8-7-13(29(2,26)27)11-16(15)22(24)25/h3-8,11,20H,9-10H2,1-2H3,(H,21,23). The molecule has 29 heavy (non-hydrogen) atoms. The highest BCUT2D eigenvalue weighted by atomic mass is 32.2. The average Bonchev–Trinajstić information content (AvgIpc) is 3.01. The molecular weight excluding hydrogens is 414 g/mol. The third-order valence-electron chi connectivity index (χ3n) is 4.37. The molecule has 0 aliphatic rings. The summed E-state index contributed by atoms with van der Waals surface area (Å²) in [7, 11) is -3.55. The normalized spacial score (nSPS) is 11.4. The van der Waals surface area contributed by atoms with Crippen molar-refractivity contribution >= 4 is 48.5 Å². The van der Waals surface area contributed by atoms with E-state index in [0.29, 0.717) is 4.88 Å². The van der Waals surface area contributed by atoms with Crippen molar-refractivity contribution < 1.29 is 18.1 Å². The number of sulfone groups is 1. The van der Waals surface area contributed by atoms with Crippen LogP contribution in [0, 0.1) is 17.0 Å². The Hall–Kier alpha value is -2.98. The molecule has 0 aliphatic heterocycles. The molecule has 3 aromatic rings. The number of benzene rings is 2. The predicted octanol–water partition coefficient (Wildman–Crippen LogP) is 3.36. The second-order valence-electron chi connectivity index (χ2n) is 6.44. The lowest BCUT2D eigenvalue weighted by atomic mass is 10.1. The fourth-order valence-corrected chi connectivity index (χ4v) is 4.65. The van der Waals surface area contributed by atoms with Crippen LogP contribution in [0.25, 0.3) is 10.1 Å². The molecule has 2 aromatic carbocycles. The Balaban J connectivity index is 1.65. The smallest absolute Gasteiger partial charge is 0.293 e. The predicted molar refractivity (Wildman–Crippen MR) is 114 cm³/mol. The van der Waals surface area contributed by atoms with E-state index in [1.165, 1.54) is 23.5 Å². The molecule has 0 aliphatic carbocycles. The van der Waals surface area contributed by atoms with Gasteiger partial charge in [0.25, 0.3) is 11.6 Å². The lowest BCUT2D eigenvalue weighted by Crippen LogP contribution is -2.28. The van der Waals surface area contributed by atoms with Crippen molar-refractivity contribution in [2.45, 2.75) is 11.8 Å². The van der Waals surface area contributed by atoms with Crippen molar-refractivity contribution in [1.29, 1.82) is 0 Å². The molecule has 152 valence electrons. The molecule has 0 saturated heterocycles. The second-order valence-corrected chi connectivity index (χ2v) is 9.51. The largest absolute Gasteiger partial charge is 0.378 e. The summed E-state index contributed by atoms with van der Waals surface area (Å²) in [5.74, 6) is -0.201. The van der Waals surface area contributed by atoms with Crippen molar-refractivity contribution in [1.82, 2.24) is 5.32 Å². The maximum absolute atomic E-state index is 12.5. The number of carbonyl (C=O) groups excluding carboxylic acids is 1. The zero-order valence-corrected chi connectivity index (χ0v) is 17.4. The minimum atomic E-state index is -3.55. The van der Waals surface area contributed by atoms with Crippen LogP contribution in [0.3, 0.4) is 0 Å². The van der Waals surface area contributed by atoms with Gasteiger partial charge in [0, 0.05) is 30.1 Å². The Morgan fingerprint density at radius 3 is 2.55 bits per heavy atom. The van der Waals surface area contributed by atoms with E-state index in [4.69, 9.17) is 0 Å². The monoisotopic (exact) mass is 433 g/mol. The van der Waals surface area contributed by atoms with Crippen LogP contribution in [0.5, 0.6) is 0 Å². The number of nitro groups is 1. The van der Waals surface area contributed by atoms with Gasteiger partial charge in [-0.3, -0.25) is 14.9 Å². The Kier molecular flexibility index (Phi) is 5.85. The van der Waals surface area contributed by atoms with Crippen molar-refractivity contribution in [2.24, 2.45) is 0 Å². The zero-order valence-electron chi connectivity index (χ0n) is 15.8. The summed E-state index contributed by atoms with van der Waals surface area (Å²) in [6.45, 7) is 2.39. The van der Waals surface area contributed by atoms with Gasteiger partial charge in [0.05, 0.1) is 14.7 Å². The molecule has 10 heteroatoms. The highest BCUT2D eigenvalue weighted by Crippen LogP contribution is 2.30. The molecule has 3 rings (SSSR count). The molecule has 0 fully saturated rings. The van der Waals surface area contributed by atoms with Crippen LogP contribution in [0.2, 0.25) is 0 Å². The SMILES string of the molecule is Cc1c(C(=O)NCCNc2ccc(S(C)(=O)=O)cc2[N+](=O)[O-])sc2ccccc12. The number of hydrogen-bond donors (Lipinski definition) is 2. The molecule has 0 saturated carbocycles. The van der Waals surface area contributed by atoms with Gasteiger partial charge in [-0.15, -0.1) is 11.3 Å². The fourth-order valence-electron chi connectivity index (χ4n) is 2.89. The van der Waals surface area contributed by atoms with E-state index in [1.807, 2.05) is 31.2 Å². The number of carbonyl (C=O) groups is 1. The number of nitro benzene ring substituents is 1. The highest BCUT2D eigenvalue weighted by Gasteiger charge is 2.19. The van der Waals surface area contributed by atoms with E-state index in [-0.39, 0.29) is 35.3 Å². The number of anilines is 1. The first kappa shape index (κ1) is 20.7. The van der Waals surface area contributed by atoms with Gasteiger partial charge >= 0.3 is 0 Å². The number of amides is 1. The van der Waals surface area contributed by atoms with Gasteiger partial charge in [-0.25, -0.2) is 8.42 Å². The van der Waals surface area contributed by atoms with Crippen molar-refractivity contribution in [3.8, 4) is 0 Å². The van der Waals surface area contributed by atoms with Gasteiger partial charge in [-0.1, -0.05) is 18.2 Å². The lowest BCUT2D eigenvalue weighted by Gasteiger charge is -2.09. The average molecular weight is 434 g/mol. The molecule has 0 spiro atoms. The molecule has 1 aromatic heterocycles. The summed E-state index contributed by atoms with van der Waals surface area (Å²) in [5.41, 5.74) is 0.775. The van der Waals surface area contributed by atoms with Gasteiger partial charge in [0.15, 0.2) is 9.84 Å². The zero-order chi connectivity index (χ0) is 21.2. The summed E-state index contributed by atoms with van der Waals surface area (Å²) in [6.07, 6.45) is 0.991. The third kappa shape index (κ3) is 4.54. The molecule has 0 radical (unpaired) electrons. The topological polar surface area (TPSA) is 118 Å². The summed E-state index contributed by atoms with van der Waals surface area (Å²) in [5, 5.41) is 18.0.